The van der Waals surface area contributed by atoms with E-state index in [-0.39, 0.29) is 11.3 Å². The first-order valence-corrected chi connectivity index (χ1v) is 7.94. The Kier molecular flexibility index (Phi) is 4.60. The summed E-state index contributed by atoms with van der Waals surface area (Å²) in [6, 6.07) is 11.4. The molecule has 1 fully saturated rings. The van der Waals surface area contributed by atoms with E-state index in [9.17, 15) is 9.18 Å². The van der Waals surface area contributed by atoms with Crippen molar-refractivity contribution in [3.05, 3.63) is 59.4 Å². The zero-order chi connectivity index (χ0) is 16.2. The maximum atomic E-state index is 13.9. The summed E-state index contributed by atoms with van der Waals surface area (Å²) in [5, 5.41) is 8.84. The predicted octanol–water partition coefficient (Wildman–Crippen LogP) is 5.36. The van der Waals surface area contributed by atoms with Crippen molar-refractivity contribution in [3.63, 3.8) is 0 Å². The van der Waals surface area contributed by atoms with Crippen molar-refractivity contribution in [1.29, 1.82) is 0 Å². The number of aromatic carboxylic acids is 1. The molecule has 0 radical (unpaired) electrons. The highest BCUT2D eigenvalue weighted by molar-refractivity contribution is 5.87. The Labute approximate surface area is 134 Å². The summed E-state index contributed by atoms with van der Waals surface area (Å²) < 4.78 is 19.4. The Bertz CT molecular complexity index is 688. The van der Waals surface area contributed by atoms with Crippen LogP contribution in [0.2, 0.25) is 0 Å². The zero-order valence-electron chi connectivity index (χ0n) is 12.8. The minimum atomic E-state index is -1.16. The molecule has 1 saturated carbocycles. The van der Waals surface area contributed by atoms with Crippen LogP contribution in [0.1, 0.15) is 53.9 Å². The number of carboxylic acids is 1. The summed E-state index contributed by atoms with van der Waals surface area (Å²) in [5.74, 6) is -0.648. The number of hydrogen-bond donors (Lipinski definition) is 1. The number of ether oxygens (including phenoxy) is 1. The molecule has 0 unspecified atom stereocenters. The first kappa shape index (κ1) is 15.5. The molecule has 2 aromatic rings. The highest BCUT2D eigenvalue weighted by Gasteiger charge is 2.15. The molecule has 3 rings (SSSR count). The molecule has 2 aromatic carbocycles. The lowest BCUT2D eigenvalue weighted by Gasteiger charge is -2.22. The van der Waals surface area contributed by atoms with Crippen LogP contribution in [0.3, 0.4) is 0 Å². The molecule has 0 heterocycles. The van der Waals surface area contributed by atoms with Crippen LogP contribution >= 0.6 is 0 Å². The van der Waals surface area contributed by atoms with E-state index in [1.165, 1.54) is 49.8 Å². The summed E-state index contributed by atoms with van der Waals surface area (Å²) in [7, 11) is 0. The number of halogens is 1. The maximum Gasteiger partial charge on any atom is 0.335 e. The number of carboxylic acid groups (broad SMARTS) is 1. The van der Waals surface area contributed by atoms with Crippen LogP contribution in [0.15, 0.2) is 42.5 Å². The van der Waals surface area contributed by atoms with E-state index in [0.717, 1.165) is 6.07 Å². The van der Waals surface area contributed by atoms with E-state index in [0.29, 0.717) is 11.7 Å². The van der Waals surface area contributed by atoms with Crippen molar-refractivity contribution in [2.24, 2.45) is 0 Å². The first-order chi connectivity index (χ1) is 11.1. The van der Waals surface area contributed by atoms with Crippen LogP contribution in [0.25, 0.3) is 0 Å². The quantitative estimate of drug-likeness (QED) is 0.826. The van der Waals surface area contributed by atoms with Crippen LogP contribution in [0, 0.1) is 5.82 Å². The lowest BCUT2D eigenvalue weighted by Crippen LogP contribution is -2.04. The van der Waals surface area contributed by atoms with Crippen LogP contribution in [-0.4, -0.2) is 11.1 Å². The minimum Gasteiger partial charge on any atom is -0.478 e. The van der Waals surface area contributed by atoms with Crippen molar-refractivity contribution in [3.8, 4) is 11.5 Å². The fourth-order valence-electron chi connectivity index (χ4n) is 3.09. The summed E-state index contributed by atoms with van der Waals surface area (Å²) in [5.41, 5.74) is 1.21. The largest absolute Gasteiger partial charge is 0.478 e. The van der Waals surface area contributed by atoms with Gasteiger partial charge in [-0.3, -0.25) is 0 Å². The van der Waals surface area contributed by atoms with Gasteiger partial charge in [0.1, 0.15) is 5.75 Å². The molecule has 0 amide bonds. The van der Waals surface area contributed by atoms with E-state index >= 15 is 0 Å². The first-order valence-electron chi connectivity index (χ1n) is 7.94. The smallest absolute Gasteiger partial charge is 0.335 e. The number of hydrogen-bond acceptors (Lipinski definition) is 2. The van der Waals surface area contributed by atoms with Crippen molar-refractivity contribution in [2.45, 2.75) is 38.0 Å². The monoisotopic (exact) mass is 314 g/mol. The standard InChI is InChI=1S/C19H19FO3/c20-17-12-15(19(21)22)8-11-18(17)23-16-9-6-14(7-10-16)13-4-2-1-3-5-13/h6-13H,1-5H2,(H,21,22). The van der Waals surface area contributed by atoms with Gasteiger partial charge in [0, 0.05) is 0 Å². The maximum absolute atomic E-state index is 13.9. The Hall–Kier alpha value is -2.36. The molecule has 0 aromatic heterocycles. The van der Waals surface area contributed by atoms with Gasteiger partial charge in [0.15, 0.2) is 11.6 Å². The summed E-state index contributed by atoms with van der Waals surface area (Å²) in [6.07, 6.45) is 6.34. The molecule has 1 aliphatic rings. The fourth-order valence-corrected chi connectivity index (χ4v) is 3.09. The normalized spacial score (nSPS) is 15.3. The predicted molar refractivity (Wildman–Crippen MR) is 85.7 cm³/mol. The third-order valence-electron chi connectivity index (χ3n) is 4.36. The summed E-state index contributed by atoms with van der Waals surface area (Å²) in [6.45, 7) is 0. The van der Waals surface area contributed by atoms with E-state index in [1.807, 2.05) is 24.3 Å². The van der Waals surface area contributed by atoms with Gasteiger partial charge < -0.3 is 9.84 Å². The SMILES string of the molecule is O=C(O)c1ccc(Oc2ccc(C3CCCCC3)cc2)c(F)c1. The molecule has 1 aliphatic carbocycles. The molecule has 0 atom stereocenters. The molecule has 0 saturated heterocycles. The highest BCUT2D eigenvalue weighted by atomic mass is 19.1. The van der Waals surface area contributed by atoms with Gasteiger partial charge in [-0.1, -0.05) is 31.4 Å². The van der Waals surface area contributed by atoms with Gasteiger partial charge in [-0.15, -0.1) is 0 Å². The molecule has 4 heteroatoms. The third kappa shape index (κ3) is 3.70. The van der Waals surface area contributed by atoms with Crippen LogP contribution in [-0.2, 0) is 0 Å². The van der Waals surface area contributed by atoms with Crippen molar-refractivity contribution in [2.75, 3.05) is 0 Å². The van der Waals surface area contributed by atoms with Gasteiger partial charge in [-0.25, -0.2) is 9.18 Å². The highest BCUT2D eigenvalue weighted by Crippen LogP contribution is 2.34. The average molecular weight is 314 g/mol. The van der Waals surface area contributed by atoms with E-state index in [1.54, 1.807) is 0 Å². The summed E-state index contributed by atoms with van der Waals surface area (Å²) >= 11 is 0. The molecule has 120 valence electrons. The van der Waals surface area contributed by atoms with Crippen LogP contribution in [0.4, 0.5) is 4.39 Å². The lowest BCUT2D eigenvalue weighted by atomic mass is 9.84. The second-order valence-corrected chi connectivity index (χ2v) is 5.96. The molecule has 0 aliphatic heterocycles. The van der Waals surface area contributed by atoms with Gasteiger partial charge in [0.05, 0.1) is 5.56 Å². The molecule has 0 bridgehead atoms. The van der Waals surface area contributed by atoms with Crippen LogP contribution in [0.5, 0.6) is 11.5 Å². The molecule has 0 spiro atoms. The summed E-state index contributed by atoms with van der Waals surface area (Å²) in [4.78, 5) is 10.8. The van der Waals surface area contributed by atoms with Gasteiger partial charge >= 0.3 is 5.97 Å². The van der Waals surface area contributed by atoms with Gasteiger partial charge in [0.2, 0.25) is 0 Å². The average Bonchev–Trinajstić information content (AvgIpc) is 2.58. The molecular weight excluding hydrogens is 295 g/mol. The zero-order valence-corrected chi connectivity index (χ0v) is 12.8. The molecular formula is C19H19FO3. The molecule has 23 heavy (non-hydrogen) atoms. The number of rotatable bonds is 4. The van der Waals surface area contributed by atoms with Crippen LogP contribution < -0.4 is 4.74 Å². The Morgan fingerprint density at radius 2 is 1.74 bits per heavy atom. The Balaban J connectivity index is 1.72. The molecule has 3 nitrogen and oxygen atoms in total. The number of benzene rings is 2. The van der Waals surface area contributed by atoms with Crippen molar-refractivity contribution in [1.82, 2.24) is 0 Å². The van der Waals surface area contributed by atoms with Crippen molar-refractivity contribution >= 4 is 5.97 Å². The van der Waals surface area contributed by atoms with E-state index in [4.69, 9.17) is 9.84 Å². The van der Waals surface area contributed by atoms with Crippen molar-refractivity contribution < 1.29 is 19.0 Å². The Morgan fingerprint density at radius 3 is 2.35 bits per heavy atom. The van der Waals surface area contributed by atoms with Gasteiger partial charge in [0.25, 0.3) is 0 Å². The van der Waals surface area contributed by atoms with E-state index in [2.05, 4.69) is 0 Å². The Morgan fingerprint density at radius 1 is 1.04 bits per heavy atom. The number of carbonyl (C=O) groups is 1. The second-order valence-electron chi connectivity index (χ2n) is 5.96. The molecule has 1 N–H and O–H groups in total. The van der Waals surface area contributed by atoms with E-state index < -0.39 is 11.8 Å². The minimum absolute atomic E-state index is 0.0282. The third-order valence-corrected chi connectivity index (χ3v) is 4.36. The van der Waals surface area contributed by atoms with Gasteiger partial charge in [-0.2, -0.15) is 0 Å². The second kappa shape index (κ2) is 6.82. The lowest BCUT2D eigenvalue weighted by molar-refractivity contribution is 0.0696. The van der Waals surface area contributed by atoms with Gasteiger partial charge in [-0.05, 0) is 54.7 Å². The fraction of sp³-hybridized carbons (Fsp3) is 0.316. The topological polar surface area (TPSA) is 46.5 Å².